The summed E-state index contributed by atoms with van der Waals surface area (Å²) in [6.45, 7) is 2.08. The minimum absolute atomic E-state index is 0.190. The molecule has 0 amide bonds. The van der Waals surface area contributed by atoms with Crippen LogP contribution in [0.1, 0.15) is 36.8 Å². The minimum Gasteiger partial charge on any atom is -0.461 e. The molecule has 5 nitrogen and oxygen atoms in total. The second kappa shape index (κ2) is 12.7. The molecule has 0 aliphatic carbocycles. The Bertz CT molecular complexity index is 614. The van der Waals surface area contributed by atoms with Gasteiger partial charge < -0.3 is 14.8 Å². The number of nitrogens with one attached hydrogen (secondary N) is 1. The maximum atomic E-state index is 11.7. The fourth-order valence-electron chi connectivity index (χ4n) is 2.46. The largest absolute Gasteiger partial charge is 0.461 e. The lowest BCUT2D eigenvalue weighted by atomic mass is 10.2. The first-order valence-electron chi connectivity index (χ1n) is 9.34. The van der Waals surface area contributed by atoms with E-state index in [9.17, 15) is 9.59 Å². The van der Waals surface area contributed by atoms with Crippen molar-refractivity contribution in [3.8, 4) is 0 Å². The van der Waals surface area contributed by atoms with Crippen LogP contribution in [0.5, 0.6) is 0 Å². The molecule has 27 heavy (non-hydrogen) atoms. The average molecular weight is 369 g/mol. The molecule has 0 fully saturated rings. The van der Waals surface area contributed by atoms with E-state index >= 15 is 0 Å². The normalized spacial score (nSPS) is 10.4. The Balaban J connectivity index is 1.41. The van der Waals surface area contributed by atoms with Crippen molar-refractivity contribution in [3.63, 3.8) is 0 Å². The summed E-state index contributed by atoms with van der Waals surface area (Å²) in [6, 6.07) is 19.3. The van der Waals surface area contributed by atoms with Gasteiger partial charge in [0.25, 0.3) is 0 Å². The van der Waals surface area contributed by atoms with Crippen LogP contribution >= 0.6 is 0 Å². The highest BCUT2D eigenvalue weighted by Crippen LogP contribution is 2.03. The van der Waals surface area contributed by atoms with Crippen molar-refractivity contribution in [2.75, 3.05) is 13.1 Å². The number of esters is 2. The Morgan fingerprint density at radius 1 is 0.667 bits per heavy atom. The predicted octanol–water partition coefficient (Wildman–Crippen LogP) is 3.62. The van der Waals surface area contributed by atoms with Crippen LogP contribution in [0.3, 0.4) is 0 Å². The van der Waals surface area contributed by atoms with Gasteiger partial charge in [-0.15, -0.1) is 0 Å². The highest BCUT2D eigenvalue weighted by molar-refractivity contribution is 5.69. The summed E-state index contributed by atoms with van der Waals surface area (Å²) >= 11 is 0. The van der Waals surface area contributed by atoms with E-state index in [1.807, 2.05) is 60.7 Å². The van der Waals surface area contributed by atoms with Crippen LogP contribution in [-0.2, 0) is 32.3 Å². The summed E-state index contributed by atoms with van der Waals surface area (Å²) in [5, 5.41) is 3.23. The Kier molecular flexibility index (Phi) is 9.68. The quantitative estimate of drug-likeness (QED) is 0.457. The topological polar surface area (TPSA) is 64.6 Å². The standard InChI is InChI=1S/C22H27NO4/c24-21(26-17-19-9-3-1-4-10-19)13-7-15-23-16-8-14-22(25)27-18-20-11-5-2-6-12-20/h1-6,9-12,23H,7-8,13-18H2. The van der Waals surface area contributed by atoms with Crippen molar-refractivity contribution in [1.29, 1.82) is 0 Å². The van der Waals surface area contributed by atoms with Gasteiger partial charge in [-0.2, -0.15) is 0 Å². The van der Waals surface area contributed by atoms with E-state index in [0.29, 0.717) is 38.9 Å². The maximum absolute atomic E-state index is 11.7. The lowest BCUT2D eigenvalue weighted by Crippen LogP contribution is -2.19. The van der Waals surface area contributed by atoms with Crippen molar-refractivity contribution >= 4 is 11.9 Å². The molecule has 0 radical (unpaired) electrons. The zero-order chi connectivity index (χ0) is 19.2. The molecule has 1 N–H and O–H groups in total. The first kappa shape index (κ1) is 20.6. The van der Waals surface area contributed by atoms with Crippen LogP contribution < -0.4 is 5.32 Å². The Labute approximate surface area is 160 Å². The number of hydrogen-bond donors (Lipinski definition) is 1. The average Bonchev–Trinajstić information content (AvgIpc) is 2.71. The number of carbonyl (C=O) groups is 2. The maximum Gasteiger partial charge on any atom is 0.306 e. The van der Waals surface area contributed by atoms with E-state index < -0.39 is 0 Å². The van der Waals surface area contributed by atoms with E-state index in [1.165, 1.54) is 0 Å². The molecule has 0 aliphatic heterocycles. The number of ether oxygens (including phenoxy) is 2. The first-order chi connectivity index (χ1) is 13.2. The second-order valence-electron chi connectivity index (χ2n) is 6.25. The third-order valence-corrected chi connectivity index (χ3v) is 3.95. The van der Waals surface area contributed by atoms with Crippen molar-refractivity contribution in [3.05, 3.63) is 71.8 Å². The number of hydrogen-bond acceptors (Lipinski definition) is 5. The molecule has 0 saturated heterocycles. The monoisotopic (exact) mass is 369 g/mol. The predicted molar refractivity (Wildman–Crippen MR) is 104 cm³/mol. The van der Waals surface area contributed by atoms with Crippen molar-refractivity contribution in [2.45, 2.75) is 38.9 Å². The van der Waals surface area contributed by atoms with Gasteiger partial charge in [-0.25, -0.2) is 0 Å². The Morgan fingerprint density at radius 3 is 1.48 bits per heavy atom. The third kappa shape index (κ3) is 9.56. The number of carbonyl (C=O) groups excluding carboxylic acids is 2. The second-order valence-corrected chi connectivity index (χ2v) is 6.25. The van der Waals surface area contributed by atoms with Gasteiger partial charge in [-0.1, -0.05) is 60.7 Å². The molecule has 5 heteroatoms. The molecule has 144 valence electrons. The Hall–Kier alpha value is -2.66. The van der Waals surface area contributed by atoms with E-state index in [0.717, 1.165) is 24.2 Å². The molecular formula is C22H27NO4. The molecular weight excluding hydrogens is 342 g/mol. The van der Waals surface area contributed by atoms with Gasteiger partial charge in [0.05, 0.1) is 0 Å². The first-order valence-corrected chi connectivity index (χ1v) is 9.34. The molecule has 2 aromatic carbocycles. The van der Waals surface area contributed by atoms with Gasteiger partial charge in [-0.05, 0) is 37.1 Å². The highest BCUT2D eigenvalue weighted by atomic mass is 16.5. The molecule has 0 aliphatic rings. The number of rotatable bonds is 12. The molecule has 0 spiro atoms. The van der Waals surface area contributed by atoms with Crippen molar-refractivity contribution in [2.24, 2.45) is 0 Å². The van der Waals surface area contributed by atoms with Crippen LogP contribution in [0.2, 0.25) is 0 Å². The lowest BCUT2D eigenvalue weighted by Gasteiger charge is -2.07. The van der Waals surface area contributed by atoms with Crippen molar-refractivity contribution in [1.82, 2.24) is 5.32 Å². The van der Waals surface area contributed by atoms with Crippen LogP contribution in [-0.4, -0.2) is 25.0 Å². The van der Waals surface area contributed by atoms with Gasteiger partial charge in [0.15, 0.2) is 0 Å². The summed E-state index contributed by atoms with van der Waals surface area (Å²) in [4.78, 5) is 23.3. The van der Waals surface area contributed by atoms with E-state index in [-0.39, 0.29) is 11.9 Å². The highest BCUT2D eigenvalue weighted by Gasteiger charge is 2.04. The molecule has 2 aromatic rings. The zero-order valence-corrected chi connectivity index (χ0v) is 15.6. The zero-order valence-electron chi connectivity index (χ0n) is 15.6. The van der Waals surface area contributed by atoms with Crippen LogP contribution in [0, 0.1) is 0 Å². The molecule has 0 aromatic heterocycles. The summed E-state index contributed by atoms with van der Waals surface area (Å²) in [5.41, 5.74) is 1.98. The fraction of sp³-hybridized carbons (Fsp3) is 0.364. The SMILES string of the molecule is O=C(CCCNCCCC(=O)OCc1ccccc1)OCc1ccccc1. The van der Waals surface area contributed by atoms with Gasteiger partial charge in [0.2, 0.25) is 0 Å². The molecule has 0 bridgehead atoms. The number of benzene rings is 2. The molecule has 0 saturated carbocycles. The van der Waals surface area contributed by atoms with Crippen LogP contribution in [0.25, 0.3) is 0 Å². The molecule has 0 atom stereocenters. The Morgan fingerprint density at radius 2 is 1.07 bits per heavy atom. The van der Waals surface area contributed by atoms with Gasteiger partial charge in [0.1, 0.15) is 13.2 Å². The third-order valence-electron chi connectivity index (χ3n) is 3.95. The smallest absolute Gasteiger partial charge is 0.306 e. The fourth-order valence-corrected chi connectivity index (χ4v) is 2.46. The van der Waals surface area contributed by atoms with Gasteiger partial charge in [-0.3, -0.25) is 9.59 Å². The van der Waals surface area contributed by atoms with E-state index in [1.54, 1.807) is 0 Å². The van der Waals surface area contributed by atoms with Gasteiger partial charge >= 0.3 is 11.9 Å². The van der Waals surface area contributed by atoms with Gasteiger partial charge in [0, 0.05) is 12.8 Å². The van der Waals surface area contributed by atoms with Crippen LogP contribution in [0.15, 0.2) is 60.7 Å². The summed E-state index contributed by atoms with van der Waals surface area (Å²) in [6.07, 6.45) is 2.20. The summed E-state index contributed by atoms with van der Waals surface area (Å²) < 4.78 is 10.4. The van der Waals surface area contributed by atoms with Crippen molar-refractivity contribution < 1.29 is 19.1 Å². The lowest BCUT2D eigenvalue weighted by molar-refractivity contribution is -0.145. The summed E-state index contributed by atoms with van der Waals surface area (Å²) in [5.74, 6) is -0.379. The molecule has 2 rings (SSSR count). The van der Waals surface area contributed by atoms with E-state index in [2.05, 4.69) is 5.32 Å². The molecule has 0 heterocycles. The summed E-state index contributed by atoms with van der Waals surface area (Å²) in [7, 11) is 0. The molecule has 0 unspecified atom stereocenters. The van der Waals surface area contributed by atoms with Crippen LogP contribution in [0.4, 0.5) is 0 Å². The van der Waals surface area contributed by atoms with E-state index in [4.69, 9.17) is 9.47 Å². The minimum atomic E-state index is -0.190.